The standard InChI is InChI=1S/C9H16N2O2S2/c1-3-11-8(4-5-15(2,12)13)9-6-10-7-14-9/h6-8,11H,3-5H2,1-2H3. The number of rotatable bonds is 6. The smallest absolute Gasteiger partial charge is 0.147 e. The van der Waals surface area contributed by atoms with Crippen molar-refractivity contribution in [3.05, 3.63) is 16.6 Å². The third-order valence-electron chi connectivity index (χ3n) is 2.02. The Balaban J connectivity index is 2.60. The van der Waals surface area contributed by atoms with Crippen molar-refractivity contribution >= 4 is 21.2 Å². The average Bonchev–Trinajstić information content (AvgIpc) is 2.63. The van der Waals surface area contributed by atoms with E-state index in [2.05, 4.69) is 10.3 Å². The molecular weight excluding hydrogens is 232 g/mol. The Labute approximate surface area is 94.7 Å². The summed E-state index contributed by atoms with van der Waals surface area (Å²) in [6, 6.07) is 0.109. The number of thiazole rings is 1. The number of aromatic nitrogens is 1. The molecule has 0 bridgehead atoms. The highest BCUT2D eigenvalue weighted by molar-refractivity contribution is 7.90. The molecule has 1 heterocycles. The maximum Gasteiger partial charge on any atom is 0.147 e. The summed E-state index contributed by atoms with van der Waals surface area (Å²) >= 11 is 1.55. The second kappa shape index (κ2) is 5.58. The van der Waals surface area contributed by atoms with Crippen molar-refractivity contribution in [2.45, 2.75) is 19.4 Å². The predicted octanol–water partition coefficient (Wildman–Crippen LogP) is 1.23. The fourth-order valence-electron chi connectivity index (χ4n) is 1.32. The first kappa shape index (κ1) is 12.6. The van der Waals surface area contributed by atoms with E-state index in [-0.39, 0.29) is 11.8 Å². The van der Waals surface area contributed by atoms with Crippen LogP contribution in [0.2, 0.25) is 0 Å². The van der Waals surface area contributed by atoms with Crippen molar-refractivity contribution in [3.8, 4) is 0 Å². The second-order valence-electron chi connectivity index (χ2n) is 3.43. The molecule has 1 rings (SSSR count). The third-order valence-corrected chi connectivity index (χ3v) is 3.89. The van der Waals surface area contributed by atoms with Crippen LogP contribution in [-0.2, 0) is 9.84 Å². The topological polar surface area (TPSA) is 59.1 Å². The van der Waals surface area contributed by atoms with E-state index < -0.39 is 9.84 Å². The summed E-state index contributed by atoms with van der Waals surface area (Å²) in [5.74, 6) is 0.211. The molecule has 0 fully saturated rings. The van der Waals surface area contributed by atoms with E-state index >= 15 is 0 Å². The van der Waals surface area contributed by atoms with Crippen LogP contribution in [0, 0.1) is 0 Å². The molecule has 0 saturated heterocycles. The van der Waals surface area contributed by atoms with Crippen LogP contribution in [0.4, 0.5) is 0 Å². The monoisotopic (exact) mass is 248 g/mol. The van der Waals surface area contributed by atoms with Gasteiger partial charge in [-0.2, -0.15) is 0 Å². The molecule has 0 spiro atoms. The van der Waals surface area contributed by atoms with Gasteiger partial charge in [-0.25, -0.2) is 8.42 Å². The molecule has 1 N–H and O–H groups in total. The molecule has 86 valence electrons. The zero-order chi connectivity index (χ0) is 11.3. The highest BCUT2D eigenvalue weighted by Gasteiger charge is 2.14. The predicted molar refractivity (Wildman–Crippen MR) is 62.9 cm³/mol. The van der Waals surface area contributed by atoms with E-state index in [1.165, 1.54) is 6.26 Å². The Morgan fingerprint density at radius 3 is 2.80 bits per heavy atom. The van der Waals surface area contributed by atoms with Crippen LogP contribution in [-0.4, -0.2) is 32.0 Å². The summed E-state index contributed by atoms with van der Waals surface area (Å²) in [5.41, 5.74) is 1.76. The molecule has 0 aromatic carbocycles. The largest absolute Gasteiger partial charge is 0.309 e. The van der Waals surface area contributed by atoms with Gasteiger partial charge >= 0.3 is 0 Å². The minimum atomic E-state index is -2.88. The Hall–Kier alpha value is -0.460. The molecule has 6 heteroatoms. The summed E-state index contributed by atoms with van der Waals surface area (Å²) in [4.78, 5) is 5.10. The first-order valence-corrected chi connectivity index (χ1v) is 7.76. The molecule has 1 unspecified atom stereocenters. The maximum atomic E-state index is 11.1. The van der Waals surface area contributed by atoms with Gasteiger partial charge in [-0.15, -0.1) is 11.3 Å². The first-order valence-electron chi connectivity index (χ1n) is 4.82. The van der Waals surface area contributed by atoms with Gasteiger partial charge in [-0.05, 0) is 13.0 Å². The molecule has 1 aromatic rings. The van der Waals surface area contributed by atoms with Crippen molar-refractivity contribution in [1.82, 2.24) is 10.3 Å². The minimum absolute atomic E-state index is 0.109. The SMILES string of the molecule is CCNC(CCS(C)(=O)=O)c1cncs1. The first-order chi connectivity index (χ1) is 7.03. The molecule has 1 aromatic heterocycles. The molecule has 15 heavy (non-hydrogen) atoms. The maximum absolute atomic E-state index is 11.1. The van der Waals surface area contributed by atoms with Gasteiger partial charge in [-0.3, -0.25) is 4.98 Å². The van der Waals surface area contributed by atoms with E-state index in [4.69, 9.17) is 0 Å². The quantitative estimate of drug-likeness (QED) is 0.822. The third kappa shape index (κ3) is 4.72. The van der Waals surface area contributed by atoms with E-state index in [1.807, 2.05) is 6.92 Å². The Kier molecular flexibility index (Phi) is 4.69. The van der Waals surface area contributed by atoms with Gasteiger partial charge in [0.2, 0.25) is 0 Å². The van der Waals surface area contributed by atoms with E-state index in [0.717, 1.165) is 11.4 Å². The summed E-state index contributed by atoms with van der Waals surface area (Å²) < 4.78 is 22.1. The molecular formula is C9H16N2O2S2. The van der Waals surface area contributed by atoms with Crippen LogP contribution in [0.15, 0.2) is 11.7 Å². The minimum Gasteiger partial charge on any atom is -0.309 e. The van der Waals surface area contributed by atoms with Gasteiger partial charge in [0.1, 0.15) is 9.84 Å². The lowest BCUT2D eigenvalue weighted by atomic mass is 10.2. The molecule has 0 radical (unpaired) electrons. The van der Waals surface area contributed by atoms with Gasteiger partial charge in [-0.1, -0.05) is 6.92 Å². The summed E-state index contributed by atoms with van der Waals surface area (Å²) in [5, 5.41) is 3.26. The van der Waals surface area contributed by atoms with Crippen molar-refractivity contribution in [3.63, 3.8) is 0 Å². The van der Waals surface area contributed by atoms with Crippen LogP contribution in [0.1, 0.15) is 24.3 Å². The lowest BCUT2D eigenvalue weighted by Gasteiger charge is -2.14. The van der Waals surface area contributed by atoms with E-state index in [1.54, 1.807) is 23.0 Å². The van der Waals surface area contributed by atoms with Crippen molar-refractivity contribution in [2.24, 2.45) is 0 Å². The van der Waals surface area contributed by atoms with E-state index in [9.17, 15) is 8.42 Å². The fourth-order valence-corrected chi connectivity index (χ4v) is 2.72. The van der Waals surface area contributed by atoms with Crippen molar-refractivity contribution < 1.29 is 8.42 Å². The molecule has 0 amide bonds. The lowest BCUT2D eigenvalue weighted by molar-refractivity contribution is 0.536. The molecule has 0 aliphatic rings. The Bertz CT molecular complexity index is 373. The molecule has 4 nitrogen and oxygen atoms in total. The van der Waals surface area contributed by atoms with Crippen LogP contribution in [0.25, 0.3) is 0 Å². The highest BCUT2D eigenvalue weighted by Crippen LogP contribution is 2.20. The van der Waals surface area contributed by atoms with Crippen LogP contribution in [0.3, 0.4) is 0 Å². The van der Waals surface area contributed by atoms with Gasteiger partial charge < -0.3 is 5.32 Å². The van der Waals surface area contributed by atoms with Gasteiger partial charge in [0.25, 0.3) is 0 Å². The summed E-state index contributed by atoms with van der Waals surface area (Å²) in [6.45, 7) is 2.83. The number of sulfone groups is 1. The summed E-state index contributed by atoms with van der Waals surface area (Å²) in [6.07, 6.45) is 3.66. The molecule has 0 saturated carbocycles. The lowest BCUT2D eigenvalue weighted by Crippen LogP contribution is -2.22. The number of nitrogens with zero attached hydrogens (tertiary/aromatic N) is 1. The van der Waals surface area contributed by atoms with Gasteiger partial charge in [0.05, 0.1) is 11.3 Å². The number of hydrogen-bond acceptors (Lipinski definition) is 5. The van der Waals surface area contributed by atoms with Gasteiger partial charge in [0.15, 0.2) is 0 Å². The molecule has 1 atom stereocenters. The second-order valence-corrected chi connectivity index (χ2v) is 6.61. The molecule has 0 aliphatic carbocycles. The summed E-state index contributed by atoms with van der Waals surface area (Å²) in [7, 11) is -2.88. The number of nitrogens with one attached hydrogen (secondary N) is 1. The van der Waals surface area contributed by atoms with Crippen molar-refractivity contribution in [1.29, 1.82) is 0 Å². The Morgan fingerprint density at radius 2 is 2.33 bits per heavy atom. The zero-order valence-electron chi connectivity index (χ0n) is 8.93. The Morgan fingerprint density at radius 1 is 1.60 bits per heavy atom. The van der Waals surface area contributed by atoms with E-state index in [0.29, 0.717) is 6.42 Å². The molecule has 0 aliphatic heterocycles. The normalized spacial score (nSPS) is 14.0. The van der Waals surface area contributed by atoms with Crippen molar-refractivity contribution in [2.75, 3.05) is 18.6 Å². The highest BCUT2D eigenvalue weighted by atomic mass is 32.2. The van der Waals surface area contributed by atoms with Crippen LogP contribution < -0.4 is 5.32 Å². The number of hydrogen-bond donors (Lipinski definition) is 1. The zero-order valence-corrected chi connectivity index (χ0v) is 10.6. The van der Waals surface area contributed by atoms with Crippen LogP contribution in [0.5, 0.6) is 0 Å². The fraction of sp³-hybridized carbons (Fsp3) is 0.667. The van der Waals surface area contributed by atoms with Crippen LogP contribution >= 0.6 is 11.3 Å². The average molecular weight is 248 g/mol. The van der Waals surface area contributed by atoms with Gasteiger partial charge in [0, 0.05) is 23.4 Å².